The summed E-state index contributed by atoms with van der Waals surface area (Å²) in [5.41, 5.74) is 3.88. The number of piperidine rings is 1. The van der Waals surface area contributed by atoms with Crippen LogP contribution in [0.25, 0.3) is 21.8 Å². The van der Waals surface area contributed by atoms with Gasteiger partial charge in [-0.2, -0.15) is 0 Å². The van der Waals surface area contributed by atoms with Gasteiger partial charge in [-0.05, 0) is 37.1 Å². The van der Waals surface area contributed by atoms with Gasteiger partial charge in [-0.15, -0.1) is 11.3 Å². The van der Waals surface area contributed by atoms with Crippen LogP contribution < -0.4 is 15.0 Å². The van der Waals surface area contributed by atoms with Crippen LogP contribution in [0.4, 0.5) is 5.82 Å². The van der Waals surface area contributed by atoms with E-state index in [1.807, 2.05) is 66.0 Å². The van der Waals surface area contributed by atoms with Gasteiger partial charge in [0.25, 0.3) is 0 Å². The van der Waals surface area contributed by atoms with Crippen molar-refractivity contribution in [3.05, 3.63) is 78.1 Å². The zero-order chi connectivity index (χ0) is 24.0. The number of nitrogens with zero attached hydrogens (tertiary/aromatic N) is 4. The summed E-state index contributed by atoms with van der Waals surface area (Å²) in [5, 5.41) is 6.07. The zero-order valence-electron chi connectivity index (χ0n) is 19.6. The highest BCUT2D eigenvalue weighted by Gasteiger charge is 2.26. The summed E-state index contributed by atoms with van der Waals surface area (Å²) in [6.45, 7) is 2.03. The van der Waals surface area contributed by atoms with Crippen molar-refractivity contribution in [3.8, 4) is 27.6 Å². The van der Waals surface area contributed by atoms with Crippen LogP contribution in [0, 0.1) is 5.92 Å². The fourth-order valence-electron chi connectivity index (χ4n) is 4.23. The van der Waals surface area contributed by atoms with Crippen LogP contribution in [0.2, 0.25) is 0 Å². The fourth-order valence-corrected chi connectivity index (χ4v) is 5.06. The number of amides is 1. The first kappa shape index (κ1) is 23.0. The molecular formula is C27H27N5O2S. The number of carbonyl (C=O) groups is 1. The molecular weight excluding hydrogens is 458 g/mol. The number of methoxy groups -OCH3 is 1. The second kappa shape index (κ2) is 10.7. The van der Waals surface area contributed by atoms with E-state index in [4.69, 9.17) is 4.74 Å². The molecule has 0 aliphatic carbocycles. The number of hydrogen-bond donors (Lipinski definition) is 1. The van der Waals surface area contributed by atoms with Crippen LogP contribution in [-0.2, 0) is 11.3 Å². The Morgan fingerprint density at radius 1 is 1.06 bits per heavy atom. The predicted octanol–water partition coefficient (Wildman–Crippen LogP) is 4.81. The van der Waals surface area contributed by atoms with Gasteiger partial charge in [0.2, 0.25) is 5.91 Å². The number of nitrogens with one attached hydrogen (secondary N) is 1. The first-order valence-electron chi connectivity index (χ1n) is 11.7. The summed E-state index contributed by atoms with van der Waals surface area (Å²) in [6, 6.07) is 19.9. The van der Waals surface area contributed by atoms with E-state index in [9.17, 15) is 4.79 Å². The Bertz CT molecular complexity index is 1270. The summed E-state index contributed by atoms with van der Waals surface area (Å²) in [5.74, 6) is 1.80. The topological polar surface area (TPSA) is 80.2 Å². The minimum absolute atomic E-state index is 0.00127. The van der Waals surface area contributed by atoms with Crippen molar-refractivity contribution in [2.45, 2.75) is 19.4 Å². The third kappa shape index (κ3) is 5.49. The number of benzene rings is 2. The van der Waals surface area contributed by atoms with Gasteiger partial charge in [0.1, 0.15) is 22.9 Å². The molecule has 1 fully saturated rings. The van der Waals surface area contributed by atoms with E-state index in [1.54, 1.807) is 24.8 Å². The largest absolute Gasteiger partial charge is 0.497 e. The third-order valence-corrected chi connectivity index (χ3v) is 7.18. The minimum Gasteiger partial charge on any atom is -0.497 e. The van der Waals surface area contributed by atoms with E-state index in [0.717, 1.165) is 65.0 Å². The highest BCUT2D eigenvalue weighted by Crippen LogP contribution is 2.27. The molecule has 0 radical (unpaired) electrons. The van der Waals surface area contributed by atoms with Crippen molar-refractivity contribution in [3.63, 3.8) is 0 Å². The Balaban J connectivity index is 1.14. The number of anilines is 1. The van der Waals surface area contributed by atoms with E-state index in [2.05, 4.69) is 25.2 Å². The quantitative estimate of drug-likeness (QED) is 0.405. The minimum atomic E-state index is 0.00127. The third-order valence-electron chi connectivity index (χ3n) is 6.24. The predicted molar refractivity (Wildman–Crippen MR) is 138 cm³/mol. The van der Waals surface area contributed by atoms with Crippen LogP contribution >= 0.6 is 11.3 Å². The SMILES string of the molecule is COc1ccc(-c2cc(N3CCC(C(=O)NCc4csc(-c5ccccc5)n4)CC3)ncn2)cc1. The van der Waals surface area contributed by atoms with Crippen LogP contribution in [0.15, 0.2) is 72.4 Å². The Hall–Kier alpha value is -3.78. The number of hydrogen-bond acceptors (Lipinski definition) is 7. The molecule has 0 bridgehead atoms. The van der Waals surface area contributed by atoms with E-state index >= 15 is 0 Å². The van der Waals surface area contributed by atoms with Crippen molar-refractivity contribution in [1.29, 1.82) is 0 Å². The molecule has 35 heavy (non-hydrogen) atoms. The van der Waals surface area contributed by atoms with Crippen molar-refractivity contribution >= 4 is 23.1 Å². The smallest absolute Gasteiger partial charge is 0.223 e. The molecule has 7 nitrogen and oxygen atoms in total. The van der Waals surface area contributed by atoms with Crippen molar-refractivity contribution in [2.75, 3.05) is 25.1 Å². The van der Waals surface area contributed by atoms with Crippen molar-refractivity contribution in [2.24, 2.45) is 5.92 Å². The lowest BCUT2D eigenvalue weighted by molar-refractivity contribution is -0.125. The maximum atomic E-state index is 12.8. The zero-order valence-corrected chi connectivity index (χ0v) is 20.4. The van der Waals surface area contributed by atoms with Crippen LogP contribution in [0.3, 0.4) is 0 Å². The lowest BCUT2D eigenvalue weighted by Gasteiger charge is -2.32. The maximum Gasteiger partial charge on any atom is 0.223 e. The second-order valence-electron chi connectivity index (χ2n) is 8.48. The van der Waals surface area contributed by atoms with Gasteiger partial charge in [0.05, 0.1) is 25.0 Å². The fraction of sp³-hybridized carbons (Fsp3) is 0.259. The average molecular weight is 486 g/mol. The molecule has 1 amide bonds. The molecule has 1 saturated heterocycles. The molecule has 3 heterocycles. The second-order valence-corrected chi connectivity index (χ2v) is 9.34. The Morgan fingerprint density at radius 2 is 1.83 bits per heavy atom. The molecule has 2 aromatic carbocycles. The van der Waals surface area contributed by atoms with Gasteiger partial charge in [-0.25, -0.2) is 15.0 Å². The first-order chi connectivity index (χ1) is 17.2. The van der Waals surface area contributed by atoms with Crippen molar-refractivity contribution in [1.82, 2.24) is 20.3 Å². The molecule has 1 aliphatic rings. The lowest BCUT2D eigenvalue weighted by atomic mass is 9.96. The Labute approximate surface area is 208 Å². The molecule has 2 aromatic heterocycles. The van der Waals surface area contributed by atoms with Gasteiger partial charge >= 0.3 is 0 Å². The van der Waals surface area contributed by atoms with Crippen LogP contribution in [0.5, 0.6) is 5.75 Å². The molecule has 4 aromatic rings. The van der Waals surface area contributed by atoms with E-state index in [1.165, 1.54) is 0 Å². The van der Waals surface area contributed by atoms with Crippen LogP contribution in [0.1, 0.15) is 18.5 Å². The molecule has 0 saturated carbocycles. The standard InChI is InChI=1S/C27H27N5O2S/c1-34-23-9-7-19(8-10-23)24-15-25(30-18-29-24)32-13-11-20(12-14-32)26(33)28-16-22-17-35-27(31-22)21-5-3-2-4-6-21/h2-10,15,17-18,20H,11-14,16H2,1H3,(H,28,33). The van der Waals surface area contributed by atoms with Gasteiger partial charge < -0.3 is 15.0 Å². The Kier molecular flexibility index (Phi) is 6.99. The molecule has 0 unspecified atom stereocenters. The van der Waals surface area contributed by atoms with E-state index in [-0.39, 0.29) is 11.8 Å². The average Bonchev–Trinajstić information content (AvgIpc) is 3.42. The first-order valence-corrected chi connectivity index (χ1v) is 12.6. The number of carbonyl (C=O) groups excluding carboxylic acids is 1. The van der Waals surface area contributed by atoms with Gasteiger partial charge in [-0.1, -0.05) is 30.3 Å². The number of aromatic nitrogens is 3. The van der Waals surface area contributed by atoms with Gasteiger partial charge in [0, 0.05) is 41.6 Å². The summed E-state index contributed by atoms with van der Waals surface area (Å²) in [4.78, 5) is 28.6. The van der Waals surface area contributed by atoms with E-state index in [0.29, 0.717) is 6.54 Å². The summed E-state index contributed by atoms with van der Waals surface area (Å²) in [7, 11) is 1.66. The maximum absolute atomic E-state index is 12.8. The van der Waals surface area contributed by atoms with Crippen LogP contribution in [-0.4, -0.2) is 41.1 Å². The molecule has 0 atom stereocenters. The number of ether oxygens (including phenoxy) is 1. The van der Waals surface area contributed by atoms with Gasteiger partial charge in [-0.3, -0.25) is 4.79 Å². The molecule has 5 rings (SSSR count). The van der Waals surface area contributed by atoms with Gasteiger partial charge in [0.15, 0.2) is 0 Å². The van der Waals surface area contributed by atoms with Crippen molar-refractivity contribution < 1.29 is 9.53 Å². The molecule has 1 aliphatic heterocycles. The normalized spacial score (nSPS) is 14.0. The molecule has 178 valence electrons. The van der Waals surface area contributed by atoms with E-state index < -0.39 is 0 Å². The highest BCUT2D eigenvalue weighted by atomic mass is 32.1. The molecule has 8 heteroatoms. The summed E-state index contributed by atoms with van der Waals surface area (Å²) in [6.07, 6.45) is 3.19. The number of thiazole rings is 1. The monoisotopic (exact) mass is 485 g/mol. The number of rotatable bonds is 7. The summed E-state index contributed by atoms with van der Waals surface area (Å²) >= 11 is 1.60. The molecule has 0 spiro atoms. The Morgan fingerprint density at radius 3 is 2.57 bits per heavy atom. The summed E-state index contributed by atoms with van der Waals surface area (Å²) < 4.78 is 5.24. The highest BCUT2D eigenvalue weighted by molar-refractivity contribution is 7.13. The lowest BCUT2D eigenvalue weighted by Crippen LogP contribution is -2.40. The molecule has 1 N–H and O–H groups in total.